The van der Waals surface area contributed by atoms with Crippen LogP contribution in [0, 0.1) is 6.92 Å². The first-order chi connectivity index (χ1) is 7.45. The summed E-state index contributed by atoms with van der Waals surface area (Å²) in [6, 6.07) is 7.61. The third-order valence-electron chi connectivity index (χ3n) is 2.38. The van der Waals surface area contributed by atoms with Gasteiger partial charge in [-0.1, -0.05) is 29.8 Å². The van der Waals surface area contributed by atoms with Crippen molar-refractivity contribution in [2.45, 2.75) is 25.6 Å². The summed E-state index contributed by atoms with van der Waals surface area (Å²) in [6.07, 6.45) is 0. The Morgan fingerprint density at radius 1 is 1.31 bits per heavy atom. The van der Waals surface area contributed by atoms with E-state index in [0.717, 1.165) is 11.1 Å². The van der Waals surface area contributed by atoms with Crippen molar-refractivity contribution in [3.8, 4) is 0 Å². The predicted octanol–water partition coefficient (Wildman–Crippen LogP) is 0.795. The zero-order valence-corrected chi connectivity index (χ0v) is 10.3. The summed E-state index contributed by atoms with van der Waals surface area (Å²) in [6.45, 7) is 3.33. The van der Waals surface area contributed by atoms with E-state index in [1.165, 1.54) is 6.92 Å². The molecule has 0 amide bonds. The summed E-state index contributed by atoms with van der Waals surface area (Å²) in [5.41, 5.74) is 2.04. The van der Waals surface area contributed by atoms with E-state index in [4.69, 9.17) is 5.11 Å². The van der Waals surface area contributed by atoms with Crippen LogP contribution in [-0.2, 0) is 16.6 Å². The molecule has 0 radical (unpaired) electrons. The normalized spacial score (nSPS) is 13.7. The van der Waals surface area contributed by atoms with Gasteiger partial charge in [0, 0.05) is 6.54 Å². The number of rotatable bonds is 5. The second-order valence-electron chi connectivity index (χ2n) is 3.84. The molecule has 0 aliphatic rings. The molecule has 0 heterocycles. The van der Waals surface area contributed by atoms with Crippen LogP contribution < -0.4 is 4.72 Å². The van der Waals surface area contributed by atoms with E-state index in [0.29, 0.717) is 0 Å². The molecule has 1 atom stereocenters. The minimum atomic E-state index is -3.42. The van der Waals surface area contributed by atoms with Crippen LogP contribution in [0.3, 0.4) is 0 Å². The van der Waals surface area contributed by atoms with Crippen LogP contribution in [0.15, 0.2) is 24.3 Å². The summed E-state index contributed by atoms with van der Waals surface area (Å²) in [5.74, 6) is 0. The number of sulfonamides is 1. The van der Waals surface area contributed by atoms with Crippen molar-refractivity contribution in [3.05, 3.63) is 35.4 Å². The largest absolute Gasteiger partial charge is 0.395 e. The number of benzene rings is 1. The van der Waals surface area contributed by atoms with Crippen LogP contribution in [0.2, 0.25) is 0 Å². The van der Waals surface area contributed by atoms with E-state index in [2.05, 4.69) is 4.72 Å². The van der Waals surface area contributed by atoms with Gasteiger partial charge >= 0.3 is 0 Å². The number of aliphatic hydroxyl groups is 1. The third kappa shape index (κ3) is 3.59. The molecule has 2 N–H and O–H groups in total. The Kier molecular flexibility index (Phi) is 4.46. The molecule has 90 valence electrons. The lowest BCUT2D eigenvalue weighted by Crippen LogP contribution is -2.34. The molecular weight excluding hydrogens is 226 g/mol. The monoisotopic (exact) mass is 243 g/mol. The predicted molar refractivity (Wildman–Crippen MR) is 63.5 cm³/mol. The highest BCUT2D eigenvalue weighted by Crippen LogP contribution is 2.04. The van der Waals surface area contributed by atoms with E-state index < -0.39 is 15.3 Å². The maximum atomic E-state index is 11.5. The fraction of sp³-hybridized carbons (Fsp3) is 0.455. The second kappa shape index (κ2) is 5.43. The molecule has 0 saturated carbocycles. The van der Waals surface area contributed by atoms with Crippen LogP contribution in [0.1, 0.15) is 18.1 Å². The average Bonchev–Trinajstić information content (AvgIpc) is 2.27. The van der Waals surface area contributed by atoms with E-state index in [-0.39, 0.29) is 13.2 Å². The van der Waals surface area contributed by atoms with Crippen LogP contribution in [0.4, 0.5) is 0 Å². The molecule has 1 rings (SSSR count). The van der Waals surface area contributed by atoms with Gasteiger partial charge in [0.1, 0.15) is 0 Å². The number of hydrogen-bond acceptors (Lipinski definition) is 3. The average molecular weight is 243 g/mol. The lowest BCUT2D eigenvalue weighted by Gasteiger charge is -2.11. The van der Waals surface area contributed by atoms with Gasteiger partial charge in [0.05, 0.1) is 11.9 Å². The number of aliphatic hydroxyl groups excluding tert-OH is 1. The summed E-state index contributed by atoms with van der Waals surface area (Å²) in [5, 5.41) is 8.01. The Labute approximate surface area is 96.4 Å². The zero-order chi connectivity index (χ0) is 12.2. The van der Waals surface area contributed by atoms with E-state index in [1.54, 1.807) is 0 Å². The van der Waals surface area contributed by atoms with Crippen molar-refractivity contribution in [2.75, 3.05) is 6.61 Å². The summed E-state index contributed by atoms with van der Waals surface area (Å²) in [7, 11) is -3.42. The van der Waals surface area contributed by atoms with Crippen LogP contribution in [0.5, 0.6) is 0 Å². The van der Waals surface area contributed by atoms with Gasteiger partial charge in [-0.05, 0) is 19.4 Å². The topological polar surface area (TPSA) is 66.4 Å². The Hall–Kier alpha value is -0.910. The summed E-state index contributed by atoms with van der Waals surface area (Å²) >= 11 is 0. The zero-order valence-electron chi connectivity index (χ0n) is 9.47. The number of aryl methyl sites for hydroxylation is 1. The van der Waals surface area contributed by atoms with Gasteiger partial charge in [0.2, 0.25) is 10.0 Å². The molecule has 0 aromatic heterocycles. The third-order valence-corrected chi connectivity index (χ3v) is 4.14. The molecule has 1 aromatic rings. The highest BCUT2D eigenvalue weighted by Gasteiger charge is 2.18. The van der Waals surface area contributed by atoms with Crippen molar-refractivity contribution in [3.63, 3.8) is 0 Å². The minimum absolute atomic E-state index is 0.257. The standard InChI is InChI=1S/C11H17NO3S/c1-9-3-5-11(6-4-9)7-12-16(14,15)10(2)8-13/h3-6,10,12-13H,7-8H2,1-2H3. The molecule has 5 heteroatoms. The van der Waals surface area contributed by atoms with Gasteiger partial charge in [0.25, 0.3) is 0 Å². The molecule has 1 unspecified atom stereocenters. The van der Waals surface area contributed by atoms with Crippen molar-refractivity contribution in [2.24, 2.45) is 0 Å². The molecule has 16 heavy (non-hydrogen) atoms. The molecule has 0 bridgehead atoms. The molecule has 0 aliphatic heterocycles. The van der Waals surface area contributed by atoms with Gasteiger partial charge in [-0.25, -0.2) is 13.1 Å². The van der Waals surface area contributed by atoms with Crippen molar-refractivity contribution in [1.29, 1.82) is 0 Å². The lowest BCUT2D eigenvalue weighted by atomic mass is 10.2. The molecule has 0 fully saturated rings. The van der Waals surface area contributed by atoms with Crippen molar-refractivity contribution in [1.82, 2.24) is 4.72 Å². The smallest absolute Gasteiger partial charge is 0.216 e. The van der Waals surface area contributed by atoms with Gasteiger partial charge in [-0.2, -0.15) is 0 Å². The summed E-state index contributed by atoms with van der Waals surface area (Å²) in [4.78, 5) is 0. The maximum Gasteiger partial charge on any atom is 0.216 e. The fourth-order valence-electron chi connectivity index (χ4n) is 1.13. The summed E-state index contributed by atoms with van der Waals surface area (Å²) < 4.78 is 25.5. The first-order valence-electron chi connectivity index (χ1n) is 5.10. The number of nitrogens with one attached hydrogen (secondary N) is 1. The van der Waals surface area contributed by atoms with Gasteiger partial charge in [0.15, 0.2) is 0 Å². The van der Waals surface area contributed by atoms with Gasteiger partial charge in [-0.3, -0.25) is 0 Å². The molecule has 0 saturated heterocycles. The minimum Gasteiger partial charge on any atom is -0.395 e. The van der Waals surface area contributed by atoms with Crippen LogP contribution in [0.25, 0.3) is 0 Å². The van der Waals surface area contributed by atoms with Crippen LogP contribution >= 0.6 is 0 Å². The van der Waals surface area contributed by atoms with E-state index in [1.807, 2.05) is 31.2 Å². The lowest BCUT2D eigenvalue weighted by molar-refractivity contribution is 0.294. The van der Waals surface area contributed by atoms with Crippen molar-refractivity contribution < 1.29 is 13.5 Å². The molecule has 0 spiro atoms. The maximum absolute atomic E-state index is 11.5. The SMILES string of the molecule is Cc1ccc(CNS(=O)(=O)C(C)CO)cc1. The Morgan fingerprint density at radius 2 is 1.88 bits per heavy atom. The Balaban J connectivity index is 2.61. The first-order valence-corrected chi connectivity index (χ1v) is 6.65. The molecular formula is C11H17NO3S. The molecule has 0 aliphatic carbocycles. The van der Waals surface area contributed by atoms with Crippen molar-refractivity contribution >= 4 is 10.0 Å². The van der Waals surface area contributed by atoms with E-state index >= 15 is 0 Å². The molecule has 1 aromatic carbocycles. The first kappa shape index (κ1) is 13.2. The molecule has 4 nitrogen and oxygen atoms in total. The van der Waals surface area contributed by atoms with Gasteiger partial charge < -0.3 is 5.11 Å². The van der Waals surface area contributed by atoms with Crippen LogP contribution in [-0.4, -0.2) is 25.4 Å². The number of hydrogen-bond donors (Lipinski definition) is 2. The highest BCUT2D eigenvalue weighted by molar-refractivity contribution is 7.90. The Bertz CT molecular complexity index is 425. The highest BCUT2D eigenvalue weighted by atomic mass is 32.2. The Morgan fingerprint density at radius 3 is 2.38 bits per heavy atom. The van der Waals surface area contributed by atoms with E-state index in [9.17, 15) is 8.42 Å². The quantitative estimate of drug-likeness (QED) is 0.803. The fourth-order valence-corrected chi connectivity index (χ4v) is 1.98. The van der Waals surface area contributed by atoms with Gasteiger partial charge in [-0.15, -0.1) is 0 Å². The second-order valence-corrected chi connectivity index (χ2v) is 6.03.